The van der Waals surface area contributed by atoms with Gasteiger partial charge >= 0.3 is 0 Å². The van der Waals surface area contributed by atoms with E-state index < -0.39 is 0 Å². The molecule has 1 saturated heterocycles. The fraction of sp³-hybridized carbons (Fsp3) is 0.368. The third-order valence-electron chi connectivity index (χ3n) is 4.90. The summed E-state index contributed by atoms with van der Waals surface area (Å²) in [5.74, 6) is 0.688. The average molecular weight is 367 g/mol. The Morgan fingerprint density at radius 3 is 2.88 bits per heavy atom. The lowest BCUT2D eigenvalue weighted by Crippen LogP contribution is -2.40. The van der Waals surface area contributed by atoms with E-state index in [2.05, 4.69) is 15.4 Å². The third-order valence-corrected chi connectivity index (χ3v) is 5.76. The van der Waals surface area contributed by atoms with Gasteiger partial charge in [-0.25, -0.2) is 0 Å². The summed E-state index contributed by atoms with van der Waals surface area (Å²) in [4.78, 5) is 17.6. The van der Waals surface area contributed by atoms with Crippen LogP contribution in [0.3, 0.4) is 0 Å². The van der Waals surface area contributed by atoms with Crippen molar-refractivity contribution in [3.05, 3.63) is 53.4 Å². The summed E-state index contributed by atoms with van der Waals surface area (Å²) >= 11 is 1.60. The highest BCUT2D eigenvalue weighted by Crippen LogP contribution is 2.26. The van der Waals surface area contributed by atoms with Gasteiger partial charge in [-0.1, -0.05) is 36.4 Å². The second-order valence-electron chi connectivity index (χ2n) is 6.61. The van der Waals surface area contributed by atoms with Gasteiger partial charge in [0.25, 0.3) is 0 Å². The number of benzene rings is 1. The zero-order chi connectivity index (χ0) is 17.9. The number of rotatable bonds is 5. The number of amides is 1. The topological polar surface area (TPSA) is 63.9 Å². The molecule has 1 aliphatic heterocycles. The SMILES string of the molecule is CC(C(=O)N1CCC[C@@H]1Cn1nnc(-c2cccs2)n1)c1ccccc1. The fourth-order valence-corrected chi connectivity index (χ4v) is 4.11. The summed E-state index contributed by atoms with van der Waals surface area (Å²) in [6.07, 6.45) is 1.99. The number of hydrogen-bond acceptors (Lipinski definition) is 5. The van der Waals surface area contributed by atoms with Gasteiger partial charge < -0.3 is 4.90 Å². The van der Waals surface area contributed by atoms with E-state index in [4.69, 9.17) is 0 Å². The number of aromatic nitrogens is 4. The second-order valence-corrected chi connectivity index (χ2v) is 7.55. The molecule has 6 nitrogen and oxygen atoms in total. The van der Waals surface area contributed by atoms with Crippen LogP contribution in [-0.2, 0) is 11.3 Å². The van der Waals surface area contributed by atoms with Gasteiger partial charge in [0.1, 0.15) is 0 Å². The van der Waals surface area contributed by atoms with E-state index in [0.29, 0.717) is 12.4 Å². The Balaban J connectivity index is 1.46. The van der Waals surface area contributed by atoms with Crippen LogP contribution < -0.4 is 0 Å². The minimum absolute atomic E-state index is 0.124. The number of likely N-dealkylation sites (tertiary alicyclic amines) is 1. The van der Waals surface area contributed by atoms with Crippen molar-refractivity contribution in [3.8, 4) is 10.7 Å². The quantitative estimate of drug-likeness (QED) is 0.695. The van der Waals surface area contributed by atoms with Crippen molar-refractivity contribution in [3.63, 3.8) is 0 Å². The summed E-state index contributed by atoms with van der Waals surface area (Å²) in [7, 11) is 0. The molecule has 4 rings (SSSR count). The van der Waals surface area contributed by atoms with Crippen LogP contribution >= 0.6 is 11.3 Å². The van der Waals surface area contributed by atoms with Gasteiger partial charge in [0, 0.05) is 6.54 Å². The van der Waals surface area contributed by atoms with E-state index in [1.807, 2.05) is 59.7 Å². The Labute approximate surface area is 156 Å². The van der Waals surface area contributed by atoms with Crippen LogP contribution in [0.15, 0.2) is 47.8 Å². The monoisotopic (exact) mass is 367 g/mol. The summed E-state index contributed by atoms with van der Waals surface area (Å²) in [6.45, 7) is 3.37. The van der Waals surface area contributed by atoms with Gasteiger partial charge in [-0.05, 0) is 42.0 Å². The van der Waals surface area contributed by atoms with Gasteiger partial charge in [-0.2, -0.15) is 4.80 Å². The molecule has 0 spiro atoms. The van der Waals surface area contributed by atoms with Crippen molar-refractivity contribution in [2.45, 2.75) is 38.3 Å². The molecule has 0 aliphatic carbocycles. The average Bonchev–Trinajstić information content (AvgIpc) is 3.43. The summed E-state index contributed by atoms with van der Waals surface area (Å²) < 4.78 is 0. The smallest absolute Gasteiger partial charge is 0.230 e. The molecule has 1 aromatic carbocycles. The molecule has 2 atom stereocenters. The Hall–Kier alpha value is -2.54. The van der Waals surface area contributed by atoms with Crippen molar-refractivity contribution in [2.75, 3.05) is 6.54 Å². The maximum Gasteiger partial charge on any atom is 0.230 e. The summed E-state index contributed by atoms with van der Waals surface area (Å²) in [6, 6.07) is 14.0. The van der Waals surface area contributed by atoms with Crippen molar-refractivity contribution in [1.29, 1.82) is 0 Å². The number of hydrogen-bond donors (Lipinski definition) is 0. The Morgan fingerprint density at radius 1 is 1.27 bits per heavy atom. The van der Waals surface area contributed by atoms with Crippen molar-refractivity contribution in [1.82, 2.24) is 25.1 Å². The molecule has 1 fully saturated rings. The number of thiophene rings is 1. The molecule has 0 radical (unpaired) electrons. The molecule has 1 aliphatic rings. The number of carbonyl (C=O) groups excluding carboxylic acids is 1. The molecular weight excluding hydrogens is 346 g/mol. The zero-order valence-corrected chi connectivity index (χ0v) is 15.5. The molecule has 7 heteroatoms. The van der Waals surface area contributed by atoms with E-state index in [1.165, 1.54) is 0 Å². The molecule has 0 bridgehead atoms. The number of tetrazole rings is 1. The van der Waals surface area contributed by atoms with E-state index in [0.717, 1.165) is 29.8 Å². The van der Waals surface area contributed by atoms with Crippen LogP contribution in [0.25, 0.3) is 10.7 Å². The first-order chi connectivity index (χ1) is 12.7. The Kier molecular flexibility index (Phi) is 4.79. The van der Waals surface area contributed by atoms with Crippen molar-refractivity contribution < 1.29 is 4.79 Å². The minimum Gasteiger partial charge on any atom is -0.337 e. The summed E-state index contributed by atoms with van der Waals surface area (Å²) in [5.41, 5.74) is 1.06. The maximum atomic E-state index is 13.0. The van der Waals surface area contributed by atoms with Crippen molar-refractivity contribution >= 4 is 17.2 Å². The molecular formula is C19H21N5OS. The van der Waals surface area contributed by atoms with Crippen LogP contribution in [-0.4, -0.2) is 43.6 Å². The van der Waals surface area contributed by atoms with E-state index >= 15 is 0 Å². The maximum absolute atomic E-state index is 13.0. The van der Waals surface area contributed by atoms with Crippen LogP contribution in [0, 0.1) is 0 Å². The van der Waals surface area contributed by atoms with Crippen LogP contribution in [0.1, 0.15) is 31.2 Å². The van der Waals surface area contributed by atoms with Crippen LogP contribution in [0.4, 0.5) is 0 Å². The molecule has 134 valence electrons. The number of nitrogens with zero attached hydrogens (tertiary/aromatic N) is 5. The van der Waals surface area contributed by atoms with E-state index in [1.54, 1.807) is 16.1 Å². The standard InChI is InChI=1S/C19H21N5OS/c1-14(15-7-3-2-4-8-15)19(25)23-11-5-9-16(23)13-24-21-18(20-22-24)17-10-6-12-26-17/h2-4,6-8,10,12,14,16H,5,9,11,13H2,1H3/t14?,16-/m1/s1. The highest BCUT2D eigenvalue weighted by molar-refractivity contribution is 7.13. The van der Waals surface area contributed by atoms with Gasteiger partial charge in [0.05, 0.1) is 23.4 Å². The lowest BCUT2D eigenvalue weighted by atomic mass is 9.99. The lowest BCUT2D eigenvalue weighted by molar-refractivity contribution is -0.133. The minimum atomic E-state index is -0.137. The second kappa shape index (κ2) is 7.37. The molecule has 1 unspecified atom stereocenters. The van der Waals surface area contributed by atoms with Gasteiger partial charge in [0.15, 0.2) is 0 Å². The Morgan fingerprint density at radius 2 is 2.12 bits per heavy atom. The first-order valence-electron chi connectivity index (χ1n) is 8.89. The highest BCUT2D eigenvalue weighted by atomic mass is 32.1. The molecule has 3 heterocycles. The van der Waals surface area contributed by atoms with Crippen LogP contribution in [0.5, 0.6) is 0 Å². The zero-order valence-electron chi connectivity index (χ0n) is 14.7. The molecule has 0 N–H and O–H groups in total. The lowest BCUT2D eigenvalue weighted by Gasteiger charge is -2.27. The largest absolute Gasteiger partial charge is 0.337 e. The fourth-order valence-electron chi connectivity index (χ4n) is 3.46. The van der Waals surface area contributed by atoms with Crippen molar-refractivity contribution in [2.24, 2.45) is 0 Å². The first-order valence-corrected chi connectivity index (χ1v) is 9.77. The molecule has 26 heavy (non-hydrogen) atoms. The molecule has 0 saturated carbocycles. The van der Waals surface area contributed by atoms with Gasteiger partial charge in [-0.15, -0.1) is 21.5 Å². The van der Waals surface area contributed by atoms with E-state index in [-0.39, 0.29) is 17.9 Å². The van der Waals surface area contributed by atoms with Gasteiger partial charge in [0.2, 0.25) is 11.7 Å². The van der Waals surface area contributed by atoms with Gasteiger partial charge in [-0.3, -0.25) is 4.79 Å². The molecule has 3 aromatic rings. The first kappa shape index (κ1) is 16.9. The van der Waals surface area contributed by atoms with E-state index in [9.17, 15) is 4.79 Å². The normalized spacial score (nSPS) is 18.2. The molecule has 2 aromatic heterocycles. The summed E-state index contributed by atoms with van der Waals surface area (Å²) in [5, 5.41) is 14.8. The predicted molar refractivity (Wildman–Crippen MR) is 101 cm³/mol. The Bertz CT molecular complexity index is 861. The number of carbonyl (C=O) groups is 1. The molecule has 1 amide bonds. The highest BCUT2D eigenvalue weighted by Gasteiger charge is 2.32. The third kappa shape index (κ3) is 3.39. The van der Waals surface area contributed by atoms with Crippen LogP contribution in [0.2, 0.25) is 0 Å². The predicted octanol–water partition coefficient (Wildman–Crippen LogP) is 3.20.